The minimum absolute atomic E-state index is 0.846. The van der Waals surface area contributed by atoms with E-state index in [1.165, 1.54) is 5.56 Å². The molecule has 122 valence electrons. The van der Waals surface area contributed by atoms with E-state index in [0.29, 0.717) is 0 Å². The van der Waals surface area contributed by atoms with Crippen molar-refractivity contribution >= 4 is 0 Å². The van der Waals surface area contributed by atoms with Gasteiger partial charge in [-0.3, -0.25) is 15.1 Å². The molecule has 0 spiro atoms. The van der Waals surface area contributed by atoms with Gasteiger partial charge in [-0.25, -0.2) is 0 Å². The normalized spacial score (nSPS) is 10.8. The second-order valence-corrected chi connectivity index (χ2v) is 5.84. The predicted molar refractivity (Wildman–Crippen MR) is 99.9 cm³/mol. The number of rotatable bonds is 4. The lowest BCUT2D eigenvalue weighted by atomic mass is 10.0. The summed E-state index contributed by atoms with van der Waals surface area (Å²) in [5.74, 6) is 0. The monoisotopic (exact) mass is 326 g/mol. The maximum atomic E-state index is 4.53. The number of H-pyrrole nitrogens is 1. The van der Waals surface area contributed by atoms with E-state index in [4.69, 9.17) is 0 Å². The molecule has 0 unspecified atom stereocenters. The van der Waals surface area contributed by atoms with E-state index >= 15 is 0 Å². The van der Waals surface area contributed by atoms with Gasteiger partial charge in [0.15, 0.2) is 0 Å². The summed E-state index contributed by atoms with van der Waals surface area (Å²) < 4.78 is 0. The first kappa shape index (κ1) is 15.3. The van der Waals surface area contributed by atoms with Crippen molar-refractivity contribution in [3.63, 3.8) is 0 Å². The molecule has 3 heterocycles. The molecule has 4 heteroatoms. The van der Waals surface area contributed by atoms with Crippen molar-refractivity contribution < 1.29 is 0 Å². The maximum absolute atomic E-state index is 4.53. The second kappa shape index (κ2) is 6.69. The van der Waals surface area contributed by atoms with Crippen LogP contribution < -0.4 is 0 Å². The van der Waals surface area contributed by atoms with Gasteiger partial charge in [0.1, 0.15) is 5.69 Å². The van der Waals surface area contributed by atoms with E-state index in [-0.39, 0.29) is 0 Å². The third-order valence-corrected chi connectivity index (χ3v) is 4.28. The van der Waals surface area contributed by atoms with Crippen LogP contribution in [0.1, 0.15) is 12.5 Å². The molecule has 25 heavy (non-hydrogen) atoms. The van der Waals surface area contributed by atoms with E-state index < -0.39 is 0 Å². The molecule has 0 fully saturated rings. The van der Waals surface area contributed by atoms with Gasteiger partial charge in [-0.1, -0.05) is 37.3 Å². The number of aromatic amines is 1. The van der Waals surface area contributed by atoms with Gasteiger partial charge in [0.25, 0.3) is 0 Å². The highest BCUT2D eigenvalue weighted by Gasteiger charge is 2.12. The summed E-state index contributed by atoms with van der Waals surface area (Å²) in [6.45, 7) is 2.16. The van der Waals surface area contributed by atoms with Gasteiger partial charge in [0, 0.05) is 29.7 Å². The van der Waals surface area contributed by atoms with Gasteiger partial charge >= 0.3 is 0 Å². The van der Waals surface area contributed by atoms with Crippen molar-refractivity contribution in [2.24, 2.45) is 0 Å². The number of pyridine rings is 2. The highest BCUT2D eigenvalue weighted by molar-refractivity contribution is 5.80. The van der Waals surface area contributed by atoms with Gasteiger partial charge in [0.2, 0.25) is 0 Å². The summed E-state index contributed by atoms with van der Waals surface area (Å²) in [7, 11) is 0. The summed E-state index contributed by atoms with van der Waals surface area (Å²) in [4.78, 5) is 8.94. The van der Waals surface area contributed by atoms with Crippen LogP contribution in [0.5, 0.6) is 0 Å². The van der Waals surface area contributed by atoms with Crippen LogP contribution in [0, 0.1) is 0 Å². The highest BCUT2D eigenvalue weighted by Crippen LogP contribution is 2.30. The number of nitrogens with one attached hydrogen (secondary N) is 1. The first-order valence-electron chi connectivity index (χ1n) is 8.36. The van der Waals surface area contributed by atoms with Crippen LogP contribution in [0.25, 0.3) is 33.8 Å². The van der Waals surface area contributed by atoms with E-state index in [9.17, 15) is 0 Å². The standard InChI is InChI=1S/C21H18N4/c1-2-15-6-8-16(9-7-15)20-13-17(10-12-23-20)18-14-24-25-21(18)19-5-3-4-11-22-19/h3-14H,2H2,1H3,(H,24,25). The molecular weight excluding hydrogens is 308 g/mol. The Morgan fingerprint density at radius 1 is 0.840 bits per heavy atom. The first-order valence-corrected chi connectivity index (χ1v) is 8.36. The van der Waals surface area contributed by atoms with E-state index in [1.807, 2.05) is 36.7 Å². The molecule has 0 atom stereocenters. The molecule has 4 nitrogen and oxygen atoms in total. The fourth-order valence-corrected chi connectivity index (χ4v) is 2.88. The number of aromatic nitrogens is 4. The third-order valence-electron chi connectivity index (χ3n) is 4.28. The summed E-state index contributed by atoms with van der Waals surface area (Å²) >= 11 is 0. The minimum Gasteiger partial charge on any atom is -0.284 e. The van der Waals surface area contributed by atoms with E-state index in [2.05, 4.69) is 57.4 Å². The number of benzene rings is 1. The Hall–Kier alpha value is -3.27. The summed E-state index contributed by atoms with van der Waals surface area (Å²) in [5, 5.41) is 7.34. The van der Waals surface area contributed by atoms with Crippen molar-refractivity contribution in [1.82, 2.24) is 20.2 Å². The van der Waals surface area contributed by atoms with Crippen molar-refractivity contribution in [1.29, 1.82) is 0 Å². The quantitative estimate of drug-likeness (QED) is 0.588. The average molecular weight is 326 g/mol. The molecule has 0 bridgehead atoms. The molecular formula is C21H18N4. The van der Waals surface area contributed by atoms with Crippen LogP contribution >= 0.6 is 0 Å². The molecule has 3 aromatic heterocycles. The van der Waals surface area contributed by atoms with Crippen LogP contribution in [0.2, 0.25) is 0 Å². The maximum Gasteiger partial charge on any atom is 0.118 e. The van der Waals surface area contributed by atoms with Gasteiger partial charge in [-0.05, 0) is 41.8 Å². The Labute approximate surface area is 146 Å². The largest absolute Gasteiger partial charge is 0.284 e. The molecule has 0 aliphatic rings. The predicted octanol–water partition coefficient (Wildman–Crippen LogP) is 4.76. The Balaban J connectivity index is 1.74. The highest BCUT2D eigenvalue weighted by atomic mass is 15.1. The molecule has 0 saturated carbocycles. The first-order chi connectivity index (χ1) is 12.3. The van der Waals surface area contributed by atoms with Gasteiger partial charge in [-0.15, -0.1) is 0 Å². The van der Waals surface area contributed by atoms with Gasteiger partial charge < -0.3 is 0 Å². The van der Waals surface area contributed by atoms with Crippen molar-refractivity contribution in [3.8, 4) is 33.8 Å². The Kier molecular flexibility index (Phi) is 4.09. The second-order valence-electron chi connectivity index (χ2n) is 5.84. The number of hydrogen-bond donors (Lipinski definition) is 1. The van der Waals surface area contributed by atoms with Crippen LogP contribution in [0.3, 0.4) is 0 Å². The summed E-state index contributed by atoms with van der Waals surface area (Å²) in [6, 6.07) is 18.5. The van der Waals surface area contributed by atoms with Crippen LogP contribution in [0.4, 0.5) is 0 Å². The lowest BCUT2D eigenvalue weighted by Gasteiger charge is -2.06. The molecule has 0 aliphatic heterocycles. The fourth-order valence-electron chi connectivity index (χ4n) is 2.88. The molecule has 0 radical (unpaired) electrons. The minimum atomic E-state index is 0.846. The zero-order valence-electron chi connectivity index (χ0n) is 14.0. The summed E-state index contributed by atoms with van der Waals surface area (Å²) in [6.07, 6.45) is 6.56. The van der Waals surface area contributed by atoms with Crippen LogP contribution in [-0.4, -0.2) is 20.2 Å². The number of nitrogens with zero attached hydrogens (tertiary/aromatic N) is 3. The van der Waals surface area contributed by atoms with Gasteiger partial charge in [0.05, 0.1) is 11.4 Å². The summed E-state index contributed by atoms with van der Waals surface area (Å²) in [5.41, 5.74) is 7.18. The Morgan fingerprint density at radius 2 is 1.68 bits per heavy atom. The molecule has 0 saturated heterocycles. The van der Waals surface area contributed by atoms with Crippen molar-refractivity contribution in [2.45, 2.75) is 13.3 Å². The van der Waals surface area contributed by atoms with Crippen molar-refractivity contribution in [2.75, 3.05) is 0 Å². The van der Waals surface area contributed by atoms with Gasteiger partial charge in [-0.2, -0.15) is 5.10 Å². The SMILES string of the molecule is CCc1ccc(-c2cc(-c3c[nH]nc3-c3ccccn3)ccn2)cc1. The molecule has 0 amide bonds. The van der Waals surface area contributed by atoms with E-state index in [1.54, 1.807) is 6.20 Å². The van der Waals surface area contributed by atoms with Crippen LogP contribution in [-0.2, 0) is 6.42 Å². The number of hydrogen-bond acceptors (Lipinski definition) is 3. The third kappa shape index (κ3) is 3.06. The van der Waals surface area contributed by atoms with E-state index in [0.717, 1.165) is 40.2 Å². The van der Waals surface area contributed by atoms with Crippen LogP contribution in [0.15, 0.2) is 73.2 Å². The fraction of sp³-hybridized carbons (Fsp3) is 0.0952. The lowest BCUT2D eigenvalue weighted by Crippen LogP contribution is -1.88. The molecule has 4 rings (SSSR count). The molecule has 1 aromatic carbocycles. The molecule has 4 aromatic rings. The average Bonchev–Trinajstić information content (AvgIpc) is 3.19. The zero-order valence-corrected chi connectivity index (χ0v) is 14.0. The molecule has 1 N–H and O–H groups in total. The number of aryl methyl sites for hydroxylation is 1. The van der Waals surface area contributed by atoms with Crippen molar-refractivity contribution in [3.05, 3.63) is 78.8 Å². The lowest BCUT2D eigenvalue weighted by molar-refractivity contribution is 1.09. The Bertz CT molecular complexity index is 972. The zero-order chi connectivity index (χ0) is 17.1. The smallest absolute Gasteiger partial charge is 0.118 e. The Morgan fingerprint density at radius 3 is 2.44 bits per heavy atom. The molecule has 0 aliphatic carbocycles. The topological polar surface area (TPSA) is 54.5 Å².